The largest absolute Gasteiger partial charge is 0.369 e. The maximum atomic E-state index is 12.3. The van der Waals surface area contributed by atoms with Gasteiger partial charge in [-0.2, -0.15) is 4.98 Å². The van der Waals surface area contributed by atoms with Crippen LogP contribution in [0.25, 0.3) is 0 Å². The molecule has 0 radical (unpaired) electrons. The number of hydrogen-bond acceptors (Lipinski definition) is 9. The quantitative estimate of drug-likeness (QED) is 0.247. The number of nitrogens with one attached hydrogen (secondary N) is 4. The molecule has 2 saturated heterocycles. The first-order valence-corrected chi connectivity index (χ1v) is 13.0. The molecule has 2 fully saturated rings. The Morgan fingerprint density at radius 3 is 2.83 bits per heavy atom. The van der Waals surface area contributed by atoms with Crippen molar-refractivity contribution < 1.29 is 19.2 Å². The van der Waals surface area contributed by atoms with E-state index in [9.17, 15) is 19.2 Å². The number of amides is 5. The molecule has 14 heteroatoms. The summed E-state index contributed by atoms with van der Waals surface area (Å²) in [6, 6.07) is 6.42. The Kier molecular flexibility index (Phi) is 8.25. The van der Waals surface area contributed by atoms with E-state index in [0.29, 0.717) is 52.9 Å². The lowest BCUT2D eigenvalue weighted by atomic mass is 10.2. The van der Waals surface area contributed by atoms with Gasteiger partial charge >= 0.3 is 6.03 Å². The second-order valence-electron chi connectivity index (χ2n) is 8.21. The number of likely N-dealkylation sites (N-methyl/N-ethyl adjacent to an activating group) is 1. The second kappa shape index (κ2) is 11.6. The Morgan fingerprint density at radius 2 is 2.11 bits per heavy atom. The number of hydrogen-bond donors (Lipinski definition) is 4. The molecular weight excluding hydrogens is 552 g/mol. The van der Waals surface area contributed by atoms with Crippen LogP contribution in [0.5, 0.6) is 0 Å². The molecule has 4 rings (SSSR count). The van der Waals surface area contributed by atoms with Crippen LogP contribution in [-0.4, -0.2) is 76.4 Å². The van der Waals surface area contributed by atoms with Crippen molar-refractivity contribution in [2.24, 2.45) is 0 Å². The molecule has 0 unspecified atom stereocenters. The summed E-state index contributed by atoms with van der Waals surface area (Å²) in [7, 11) is 1.58. The summed E-state index contributed by atoms with van der Waals surface area (Å²) in [4.78, 5) is 58.9. The highest BCUT2D eigenvalue weighted by Crippen LogP contribution is 2.26. The molecule has 0 saturated carbocycles. The number of halogens is 1. The lowest BCUT2D eigenvalue weighted by molar-refractivity contribution is -0.121. The first-order chi connectivity index (χ1) is 17.3. The number of urea groups is 1. The van der Waals surface area contributed by atoms with Crippen LogP contribution in [0, 0.1) is 0 Å². The SMILES string of the molecule is CN1CC(=O)N(c2cccc(Nc3ncc(Br)c(NCCCNC(=O)C[C@@H]4CSC(=O)N4)n3)c2)C1=O. The van der Waals surface area contributed by atoms with Crippen LogP contribution >= 0.6 is 27.7 Å². The fourth-order valence-electron chi connectivity index (χ4n) is 3.63. The monoisotopic (exact) mass is 576 g/mol. The Bertz CT molecular complexity index is 1180. The molecule has 0 bridgehead atoms. The number of aromatic nitrogens is 2. The molecule has 3 heterocycles. The summed E-state index contributed by atoms with van der Waals surface area (Å²) in [5.74, 6) is 1.14. The fraction of sp³-hybridized carbons (Fsp3) is 0.364. The number of carbonyl (C=O) groups is 4. The molecular formula is C22H25BrN8O4S. The highest BCUT2D eigenvalue weighted by Gasteiger charge is 2.34. The molecule has 0 aliphatic carbocycles. The van der Waals surface area contributed by atoms with E-state index >= 15 is 0 Å². The molecule has 5 amide bonds. The molecule has 0 spiro atoms. The summed E-state index contributed by atoms with van der Waals surface area (Å²) in [5, 5.41) is 11.8. The first kappa shape index (κ1) is 25.7. The fourth-order valence-corrected chi connectivity index (χ4v) is 4.77. The predicted octanol–water partition coefficient (Wildman–Crippen LogP) is 2.51. The Labute approximate surface area is 220 Å². The summed E-state index contributed by atoms with van der Waals surface area (Å²) in [6.45, 7) is 1.10. The van der Waals surface area contributed by atoms with Crippen LogP contribution < -0.4 is 26.2 Å². The van der Waals surface area contributed by atoms with Crippen molar-refractivity contribution in [1.82, 2.24) is 25.5 Å². The lowest BCUT2D eigenvalue weighted by Crippen LogP contribution is -2.34. The van der Waals surface area contributed by atoms with Crippen molar-refractivity contribution >= 4 is 73.9 Å². The minimum absolute atomic E-state index is 0.0446. The maximum absolute atomic E-state index is 12.3. The topological polar surface area (TPSA) is 149 Å². The van der Waals surface area contributed by atoms with Crippen LogP contribution in [0.2, 0.25) is 0 Å². The average Bonchev–Trinajstić information content (AvgIpc) is 3.36. The smallest absolute Gasteiger partial charge is 0.331 e. The summed E-state index contributed by atoms with van der Waals surface area (Å²) in [5.41, 5.74) is 1.08. The van der Waals surface area contributed by atoms with Gasteiger partial charge in [0, 0.05) is 50.2 Å². The molecule has 2 aromatic rings. The third kappa shape index (κ3) is 6.43. The zero-order chi connectivity index (χ0) is 25.7. The van der Waals surface area contributed by atoms with E-state index in [-0.39, 0.29) is 42.1 Å². The molecule has 2 aliphatic rings. The van der Waals surface area contributed by atoms with E-state index in [1.54, 1.807) is 37.5 Å². The van der Waals surface area contributed by atoms with Gasteiger partial charge in [-0.3, -0.25) is 14.4 Å². The van der Waals surface area contributed by atoms with Gasteiger partial charge in [0.25, 0.3) is 11.1 Å². The number of thioether (sulfide) groups is 1. The Hall–Kier alpha value is -3.39. The summed E-state index contributed by atoms with van der Waals surface area (Å²) in [6.07, 6.45) is 2.56. The van der Waals surface area contributed by atoms with Crippen molar-refractivity contribution in [3.05, 3.63) is 34.9 Å². The minimum Gasteiger partial charge on any atom is -0.369 e. The van der Waals surface area contributed by atoms with Crippen LogP contribution in [0.3, 0.4) is 0 Å². The summed E-state index contributed by atoms with van der Waals surface area (Å²) >= 11 is 4.62. The van der Waals surface area contributed by atoms with Gasteiger partial charge in [-0.1, -0.05) is 17.8 Å². The van der Waals surface area contributed by atoms with Crippen molar-refractivity contribution in [3.63, 3.8) is 0 Å². The first-order valence-electron chi connectivity index (χ1n) is 11.2. The number of benzene rings is 1. The molecule has 4 N–H and O–H groups in total. The molecule has 1 atom stereocenters. The third-order valence-corrected chi connectivity index (χ3v) is 6.91. The van der Waals surface area contributed by atoms with E-state index in [1.165, 1.54) is 16.7 Å². The van der Waals surface area contributed by atoms with Crippen LogP contribution in [0.15, 0.2) is 34.9 Å². The van der Waals surface area contributed by atoms with Gasteiger partial charge < -0.3 is 26.2 Å². The average molecular weight is 577 g/mol. The summed E-state index contributed by atoms with van der Waals surface area (Å²) < 4.78 is 0.677. The van der Waals surface area contributed by atoms with Crippen molar-refractivity contribution in [2.45, 2.75) is 18.9 Å². The molecule has 1 aromatic carbocycles. The van der Waals surface area contributed by atoms with Gasteiger partial charge in [0.15, 0.2) is 0 Å². The highest BCUT2D eigenvalue weighted by atomic mass is 79.9. The van der Waals surface area contributed by atoms with Gasteiger partial charge in [0.1, 0.15) is 12.4 Å². The van der Waals surface area contributed by atoms with Crippen molar-refractivity contribution in [2.75, 3.05) is 48.0 Å². The van der Waals surface area contributed by atoms with E-state index in [1.807, 2.05) is 0 Å². The molecule has 12 nitrogen and oxygen atoms in total. The van der Waals surface area contributed by atoms with Gasteiger partial charge in [-0.25, -0.2) is 14.7 Å². The van der Waals surface area contributed by atoms with Gasteiger partial charge in [-0.15, -0.1) is 0 Å². The number of imide groups is 1. The zero-order valence-electron chi connectivity index (χ0n) is 19.4. The number of carbonyl (C=O) groups excluding carboxylic acids is 4. The van der Waals surface area contributed by atoms with Gasteiger partial charge in [-0.05, 0) is 40.5 Å². The van der Waals surface area contributed by atoms with E-state index in [2.05, 4.69) is 47.2 Å². The number of nitrogens with zero attached hydrogens (tertiary/aromatic N) is 4. The van der Waals surface area contributed by atoms with Crippen LogP contribution in [-0.2, 0) is 9.59 Å². The van der Waals surface area contributed by atoms with Crippen LogP contribution in [0.1, 0.15) is 12.8 Å². The number of rotatable bonds is 10. The van der Waals surface area contributed by atoms with Gasteiger partial charge in [0.05, 0.1) is 10.2 Å². The maximum Gasteiger partial charge on any atom is 0.331 e. The Morgan fingerprint density at radius 1 is 1.28 bits per heavy atom. The van der Waals surface area contributed by atoms with E-state index in [0.717, 1.165) is 4.90 Å². The molecule has 190 valence electrons. The number of anilines is 4. The molecule has 36 heavy (non-hydrogen) atoms. The zero-order valence-corrected chi connectivity index (χ0v) is 21.8. The minimum atomic E-state index is -0.371. The second-order valence-corrected chi connectivity index (χ2v) is 10.1. The Balaban J connectivity index is 1.27. The normalized spacial score (nSPS) is 17.4. The van der Waals surface area contributed by atoms with E-state index in [4.69, 9.17) is 0 Å². The highest BCUT2D eigenvalue weighted by molar-refractivity contribution is 9.10. The van der Waals surface area contributed by atoms with E-state index < -0.39 is 0 Å². The van der Waals surface area contributed by atoms with Crippen molar-refractivity contribution in [3.8, 4) is 0 Å². The molecule has 2 aliphatic heterocycles. The van der Waals surface area contributed by atoms with Gasteiger partial charge in [0.2, 0.25) is 11.9 Å². The van der Waals surface area contributed by atoms with Crippen LogP contribution in [0.4, 0.5) is 32.7 Å². The van der Waals surface area contributed by atoms with Crippen molar-refractivity contribution in [1.29, 1.82) is 0 Å². The predicted molar refractivity (Wildman–Crippen MR) is 140 cm³/mol. The standard InChI is InChI=1S/C22H25BrN8O4S/c1-30-11-18(33)31(22(30)35)15-5-2-4-13(8-15)27-20-26-10-16(23)19(29-20)25-7-3-6-24-17(32)9-14-12-36-21(34)28-14/h2,4-5,8,10,14H,3,6-7,9,11-12H2,1H3,(H,24,32)(H,28,34)(H2,25,26,27,29)/t14-/m1/s1. The third-order valence-electron chi connectivity index (χ3n) is 5.38. The molecule has 1 aromatic heterocycles. The lowest BCUT2D eigenvalue weighted by Gasteiger charge is -2.15.